The summed E-state index contributed by atoms with van der Waals surface area (Å²) in [5.74, 6) is -0.223. The van der Waals surface area contributed by atoms with E-state index < -0.39 is 12.0 Å². The van der Waals surface area contributed by atoms with E-state index in [4.69, 9.17) is 15.7 Å². The lowest BCUT2D eigenvalue weighted by atomic mass is 10.2. The van der Waals surface area contributed by atoms with Gasteiger partial charge in [-0.3, -0.25) is 4.79 Å². The molecule has 0 saturated heterocycles. The van der Waals surface area contributed by atoms with Crippen LogP contribution in [0, 0.1) is 11.3 Å². The summed E-state index contributed by atoms with van der Waals surface area (Å²) < 4.78 is 5.58. The highest BCUT2D eigenvalue weighted by molar-refractivity contribution is 6.05. The highest BCUT2D eigenvalue weighted by atomic mass is 16.5. The van der Waals surface area contributed by atoms with Crippen molar-refractivity contribution < 1.29 is 9.53 Å². The number of carbonyl (C=O) groups is 1. The molecule has 0 bridgehead atoms. The first-order chi connectivity index (χ1) is 11.6. The number of H-pyrrole nitrogens is 1. The van der Waals surface area contributed by atoms with Gasteiger partial charge in [-0.2, -0.15) is 5.26 Å². The number of hydrogen-bond donors (Lipinski definition) is 3. The molecule has 0 aliphatic rings. The molecule has 0 aliphatic carbocycles. The summed E-state index contributed by atoms with van der Waals surface area (Å²) in [7, 11) is 0. The number of aromatic amines is 1. The fourth-order valence-electron chi connectivity index (χ4n) is 2.25. The zero-order chi connectivity index (χ0) is 17.1. The lowest BCUT2D eigenvalue weighted by molar-refractivity contribution is 0.0995. The maximum absolute atomic E-state index is 11.7. The highest BCUT2D eigenvalue weighted by Crippen LogP contribution is 2.32. The first kappa shape index (κ1) is 15.3. The fourth-order valence-corrected chi connectivity index (χ4v) is 2.25. The number of nitriles is 1. The van der Waals surface area contributed by atoms with Gasteiger partial charge in [0.05, 0.1) is 11.4 Å². The van der Waals surface area contributed by atoms with Crippen molar-refractivity contribution in [3.8, 4) is 11.8 Å². The number of hydrogen-bond acceptors (Lipinski definition) is 6. The second kappa shape index (κ2) is 6.26. The number of rotatable bonds is 5. The Morgan fingerprint density at radius 3 is 2.92 bits per heavy atom. The van der Waals surface area contributed by atoms with Gasteiger partial charge in [-0.15, -0.1) is 10.2 Å². The van der Waals surface area contributed by atoms with Gasteiger partial charge < -0.3 is 20.8 Å². The number of anilines is 2. The second-order valence-electron chi connectivity index (χ2n) is 5.04. The molecule has 0 radical (unpaired) electrons. The Kier molecular flexibility index (Phi) is 3.99. The topological polar surface area (TPSA) is 130 Å². The summed E-state index contributed by atoms with van der Waals surface area (Å²) in [5, 5.41) is 20.5. The van der Waals surface area contributed by atoms with Crippen molar-refractivity contribution in [2.75, 3.05) is 5.32 Å². The van der Waals surface area contributed by atoms with E-state index >= 15 is 0 Å². The van der Waals surface area contributed by atoms with Crippen LogP contribution in [0.4, 0.5) is 11.4 Å². The molecule has 0 fully saturated rings. The monoisotopic (exact) mass is 322 g/mol. The van der Waals surface area contributed by atoms with Crippen molar-refractivity contribution in [1.82, 2.24) is 15.2 Å². The first-order valence-electron chi connectivity index (χ1n) is 7.16. The molecule has 8 heteroatoms. The number of fused-ring (bicyclic) bond motifs is 1. The van der Waals surface area contributed by atoms with Gasteiger partial charge in [0, 0.05) is 11.6 Å². The molecule has 8 nitrogen and oxygen atoms in total. The van der Waals surface area contributed by atoms with Gasteiger partial charge in [0.25, 0.3) is 5.91 Å². The van der Waals surface area contributed by atoms with Crippen molar-refractivity contribution >= 4 is 28.3 Å². The van der Waals surface area contributed by atoms with Crippen LogP contribution in [0.5, 0.6) is 5.75 Å². The third kappa shape index (κ3) is 2.83. The molecule has 2 aromatic heterocycles. The van der Waals surface area contributed by atoms with Gasteiger partial charge in [0.2, 0.25) is 0 Å². The number of nitrogens with zero attached hydrogens (tertiary/aromatic N) is 3. The van der Waals surface area contributed by atoms with Gasteiger partial charge in [0.15, 0.2) is 17.4 Å². The maximum atomic E-state index is 11.7. The third-order valence-corrected chi connectivity index (χ3v) is 3.35. The Balaban J connectivity index is 2.08. The molecule has 3 rings (SSSR count). The molecule has 0 aliphatic heterocycles. The average Bonchev–Trinajstić information content (AvgIpc) is 3.05. The van der Waals surface area contributed by atoms with Crippen LogP contribution in [-0.4, -0.2) is 27.2 Å². The normalized spacial score (nSPS) is 11.7. The molecule has 4 N–H and O–H groups in total. The standard InChI is InChI=1S/C16H14N6O2/c1-9(8-17)24-12-5-3-2-4-11(12)20-13-10-6-7-19-16(10)22-21-14(13)15(18)23/h2-7,9H,1H3,(H2,18,23)(H2,19,20,22). The predicted molar refractivity (Wildman–Crippen MR) is 87.8 cm³/mol. The molecule has 24 heavy (non-hydrogen) atoms. The predicted octanol–water partition coefficient (Wildman–Crippen LogP) is 2.09. The number of primary amides is 1. The number of para-hydroxylation sites is 2. The summed E-state index contributed by atoms with van der Waals surface area (Å²) in [5.41, 5.74) is 6.95. The third-order valence-electron chi connectivity index (χ3n) is 3.35. The number of ether oxygens (including phenoxy) is 1. The number of carbonyl (C=O) groups excluding carboxylic acids is 1. The summed E-state index contributed by atoms with van der Waals surface area (Å²) in [6, 6.07) is 10.9. The Morgan fingerprint density at radius 1 is 1.38 bits per heavy atom. The van der Waals surface area contributed by atoms with Crippen molar-refractivity contribution in [3.05, 3.63) is 42.2 Å². The molecule has 1 aromatic carbocycles. The van der Waals surface area contributed by atoms with Crippen LogP contribution in [0.1, 0.15) is 17.4 Å². The molecular formula is C16H14N6O2. The number of amides is 1. The molecule has 3 aromatic rings. The number of benzene rings is 1. The minimum atomic E-state index is -0.697. The van der Waals surface area contributed by atoms with E-state index in [0.717, 1.165) is 0 Å². The molecule has 0 spiro atoms. The number of nitrogens with one attached hydrogen (secondary N) is 2. The van der Waals surface area contributed by atoms with Gasteiger partial charge in [-0.05, 0) is 25.1 Å². The van der Waals surface area contributed by atoms with Gasteiger partial charge in [-0.25, -0.2) is 0 Å². The summed E-state index contributed by atoms with van der Waals surface area (Å²) >= 11 is 0. The van der Waals surface area contributed by atoms with E-state index in [2.05, 4.69) is 20.5 Å². The molecule has 2 heterocycles. The van der Waals surface area contributed by atoms with Gasteiger partial charge >= 0.3 is 0 Å². The van der Waals surface area contributed by atoms with Crippen LogP contribution >= 0.6 is 0 Å². The molecule has 120 valence electrons. The molecule has 0 saturated carbocycles. The smallest absolute Gasteiger partial charge is 0.271 e. The van der Waals surface area contributed by atoms with Gasteiger partial charge in [0.1, 0.15) is 11.8 Å². The van der Waals surface area contributed by atoms with Crippen LogP contribution < -0.4 is 15.8 Å². The maximum Gasteiger partial charge on any atom is 0.271 e. The fraction of sp³-hybridized carbons (Fsp3) is 0.125. The van der Waals surface area contributed by atoms with Crippen LogP contribution in [0.15, 0.2) is 36.5 Å². The minimum absolute atomic E-state index is 0.0187. The van der Waals surface area contributed by atoms with E-state index in [-0.39, 0.29) is 5.69 Å². The zero-order valence-corrected chi connectivity index (χ0v) is 12.8. The summed E-state index contributed by atoms with van der Waals surface area (Å²) in [6.45, 7) is 1.64. The largest absolute Gasteiger partial charge is 0.474 e. The van der Waals surface area contributed by atoms with Gasteiger partial charge in [-0.1, -0.05) is 12.1 Å². The first-order valence-corrected chi connectivity index (χ1v) is 7.16. The minimum Gasteiger partial charge on any atom is -0.474 e. The highest BCUT2D eigenvalue weighted by Gasteiger charge is 2.17. The SMILES string of the molecule is CC(C#N)Oc1ccccc1Nc1c(C(N)=O)nnc2[nH]ccc12. The van der Waals surface area contributed by atoms with Crippen molar-refractivity contribution in [3.63, 3.8) is 0 Å². The Morgan fingerprint density at radius 2 is 2.17 bits per heavy atom. The van der Waals surface area contributed by atoms with E-state index in [9.17, 15) is 4.79 Å². The van der Waals surface area contributed by atoms with Crippen LogP contribution in [-0.2, 0) is 0 Å². The summed E-state index contributed by atoms with van der Waals surface area (Å²) in [6.07, 6.45) is 1.07. The number of nitrogens with two attached hydrogens (primary N) is 1. The molecule has 1 amide bonds. The Labute approximate surface area is 137 Å². The van der Waals surface area contributed by atoms with Crippen molar-refractivity contribution in [2.45, 2.75) is 13.0 Å². The Bertz CT molecular complexity index is 943. The zero-order valence-electron chi connectivity index (χ0n) is 12.8. The van der Waals surface area contributed by atoms with Crippen LogP contribution in [0.25, 0.3) is 11.0 Å². The Hall–Kier alpha value is -3.60. The van der Waals surface area contributed by atoms with Crippen LogP contribution in [0.2, 0.25) is 0 Å². The van der Waals surface area contributed by atoms with E-state index in [1.807, 2.05) is 6.07 Å². The molecule has 1 unspecified atom stereocenters. The lowest BCUT2D eigenvalue weighted by Crippen LogP contribution is -2.17. The van der Waals surface area contributed by atoms with Crippen molar-refractivity contribution in [1.29, 1.82) is 5.26 Å². The van der Waals surface area contributed by atoms with E-state index in [0.29, 0.717) is 28.2 Å². The average molecular weight is 322 g/mol. The van der Waals surface area contributed by atoms with Crippen LogP contribution in [0.3, 0.4) is 0 Å². The summed E-state index contributed by atoms with van der Waals surface area (Å²) in [4.78, 5) is 14.6. The molecule has 1 atom stereocenters. The van der Waals surface area contributed by atoms with Crippen molar-refractivity contribution in [2.24, 2.45) is 5.73 Å². The van der Waals surface area contributed by atoms with E-state index in [1.165, 1.54) is 0 Å². The second-order valence-corrected chi connectivity index (χ2v) is 5.04. The van der Waals surface area contributed by atoms with E-state index in [1.54, 1.807) is 43.5 Å². The lowest BCUT2D eigenvalue weighted by Gasteiger charge is -2.15. The quantitative estimate of drug-likeness (QED) is 0.659. The number of aromatic nitrogens is 3. The molecular weight excluding hydrogens is 308 g/mol.